The lowest BCUT2D eigenvalue weighted by molar-refractivity contribution is -0.131. The molecule has 17 heavy (non-hydrogen) atoms. The predicted octanol–water partition coefficient (Wildman–Crippen LogP) is -0.0294. The smallest absolute Gasteiger partial charge is 0.241 e. The zero-order chi connectivity index (χ0) is 12.7. The van der Waals surface area contributed by atoms with Crippen molar-refractivity contribution in [2.24, 2.45) is 5.92 Å². The lowest BCUT2D eigenvalue weighted by Crippen LogP contribution is -2.38. The minimum absolute atomic E-state index is 0.0187. The maximum Gasteiger partial charge on any atom is 0.241 e. The third-order valence-corrected chi connectivity index (χ3v) is 3.28. The molecule has 0 aromatic heterocycles. The van der Waals surface area contributed by atoms with Crippen molar-refractivity contribution in [3.63, 3.8) is 0 Å². The van der Waals surface area contributed by atoms with Crippen LogP contribution in [0.3, 0.4) is 0 Å². The normalized spacial score (nSPS) is 19.1. The number of rotatable bonds is 6. The summed E-state index contributed by atoms with van der Waals surface area (Å²) in [6.45, 7) is 4.78. The number of nitrogens with one attached hydrogen (secondary N) is 2. The Bertz CT molecular complexity index is 262. The van der Waals surface area contributed by atoms with Crippen LogP contribution in [-0.4, -0.2) is 49.9 Å². The molecular formula is C12H23N3O2. The highest BCUT2D eigenvalue weighted by Gasteiger charge is 2.16. The zero-order valence-corrected chi connectivity index (χ0v) is 10.8. The van der Waals surface area contributed by atoms with Crippen molar-refractivity contribution in [2.45, 2.75) is 26.2 Å². The average molecular weight is 241 g/mol. The molecule has 98 valence electrons. The maximum absolute atomic E-state index is 11.5. The van der Waals surface area contributed by atoms with E-state index < -0.39 is 0 Å². The van der Waals surface area contributed by atoms with E-state index in [9.17, 15) is 9.59 Å². The van der Waals surface area contributed by atoms with Crippen LogP contribution >= 0.6 is 0 Å². The molecule has 0 bridgehead atoms. The molecule has 1 unspecified atom stereocenters. The van der Waals surface area contributed by atoms with Gasteiger partial charge >= 0.3 is 0 Å². The second-order valence-electron chi connectivity index (χ2n) is 4.58. The third-order valence-electron chi connectivity index (χ3n) is 3.28. The lowest BCUT2D eigenvalue weighted by atomic mass is 10.0. The Labute approximate surface area is 103 Å². The first kappa shape index (κ1) is 14.0. The minimum atomic E-state index is -0.0385. The van der Waals surface area contributed by atoms with E-state index in [2.05, 4.69) is 10.6 Å². The maximum atomic E-state index is 11.5. The molecule has 0 spiro atoms. The summed E-state index contributed by atoms with van der Waals surface area (Å²) in [4.78, 5) is 24.6. The van der Waals surface area contributed by atoms with Crippen molar-refractivity contribution < 1.29 is 9.59 Å². The molecule has 2 N–H and O–H groups in total. The fourth-order valence-electron chi connectivity index (χ4n) is 1.87. The first-order valence-corrected chi connectivity index (χ1v) is 6.34. The molecule has 0 saturated carbocycles. The molecule has 1 heterocycles. The minimum Gasteiger partial charge on any atom is -0.347 e. The number of likely N-dealkylation sites (N-methyl/N-ethyl adjacent to an activating group) is 1. The Morgan fingerprint density at radius 3 is 2.82 bits per heavy atom. The quantitative estimate of drug-likeness (QED) is 0.686. The van der Waals surface area contributed by atoms with Crippen molar-refractivity contribution >= 4 is 11.8 Å². The molecule has 2 amide bonds. The molecule has 1 rings (SSSR count). The summed E-state index contributed by atoms with van der Waals surface area (Å²) < 4.78 is 0. The van der Waals surface area contributed by atoms with E-state index in [4.69, 9.17) is 0 Å². The molecule has 1 aliphatic rings. The number of hydrogen-bond acceptors (Lipinski definition) is 3. The van der Waals surface area contributed by atoms with E-state index in [-0.39, 0.29) is 18.4 Å². The summed E-state index contributed by atoms with van der Waals surface area (Å²) in [6, 6.07) is 0. The molecule has 0 radical (unpaired) electrons. The summed E-state index contributed by atoms with van der Waals surface area (Å²) in [5, 5.41) is 5.95. The first-order valence-electron chi connectivity index (χ1n) is 6.34. The number of nitrogens with zero attached hydrogens (tertiary/aromatic N) is 1. The Kier molecular flexibility index (Phi) is 5.97. The van der Waals surface area contributed by atoms with Gasteiger partial charge in [0.25, 0.3) is 0 Å². The molecule has 0 aliphatic carbocycles. The fourth-order valence-corrected chi connectivity index (χ4v) is 1.87. The van der Waals surface area contributed by atoms with E-state index in [1.807, 2.05) is 6.92 Å². The van der Waals surface area contributed by atoms with Crippen LogP contribution in [-0.2, 0) is 9.59 Å². The summed E-state index contributed by atoms with van der Waals surface area (Å²) in [5.41, 5.74) is 0. The van der Waals surface area contributed by atoms with Crippen molar-refractivity contribution in [2.75, 3.05) is 33.2 Å². The Morgan fingerprint density at radius 1 is 1.47 bits per heavy atom. The Morgan fingerprint density at radius 2 is 2.24 bits per heavy atom. The molecule has 1 fully saturated rings. The van der Waals surface area contributed by atoms with E-state index in [0.29, 0.717) is 18.9 Å². The molecule has 1 atom stereocenters. The van der Waals surface area contributed by atoms with Crippen molar-refractivity contribution in [3.05, 3.63) is 0 Å². The highest BCUT2D eigenvalue weighted by Crippen LogP contribution is 2.13. The molecule has 0 aromatic rings. The van der Waals surface area contributed by atoms with Gasteiger partial charge in [-0.1, -0.05) is 0 Å². The monoisotopic (exact) mass is 241 g/mol. The van der Waals surface area contributed by atoms with Crippen LogP contribution in [0.25, 0.3) is 0 Å². The Balaban J connectivity index is 2.10. The molecule has 1 saturated heterocycles. The molecular weight excluding hydrogens is 218 g/mol. The molecule has 1 aliphatic heterocycles. The molecule has 5 nitrogen and oxygen atoms in total. The summed E-state index contributed by atoms with van der Waals surface area (Å²) in [7, 11) is 1.73. The van der Waals surface area contributed by atoms with E-state index in [0.717, 1.165) is 25.9 Å². The highest BCUT2D eigenvalue weighted by atomic mass is 16.2. The third kappa shape index (κ3) is 5.17. The van der Waals surface area contributed by atoms with Crippen LogP contribution in [0.4, 0.5) is 0 Å². The number of amides is 2. The summed E-state index contributed by atoms with van der Waals surface area (Å²) >= 11 is 0. The predicted molar refractivity (Wildman–Crippen MR) is 66.5 cm³/mol. The van der Waals surface area contributed by atoms with Crippen molar-refractivity contribution in [1.29, 1.82) is 0 Å². The number of carbonyl (C=O) groups excluding carboxylic acids is 2. The number of carbonyl (C=O) groups is 2. The van der Waals surface area contributed by atoms with Crippen molar-refractivity contribution in [1.82, 2.24) is 15.5 Å². The van der Waals surface area contributed by atoms with Crippen LogP contribution in [0.1, 0.15) is 26.2 Å². The van der Waals surface area contributed by atoms with Gasteiger partial charge in [0.1, 0.15) is 0 Å². The second kappa shape index (κ2) is 7.27. The zero-order valence-electron chi connectivity index (χ0n) is 10.8. The van der Waals surface area contributed by atoms with Gasteiger partial charge in [-0.05, 0) is 38.8 Å². The lowest BCUT2D eigenvalue weighted by Gasteiger charge is -2.15. The van der Waals surface area contributed by atoms with Crippen LogP contribution in [0.2, 0.25) is 0 Å². The Hall–Kier alpha value is -1.10. The van der Waals surface area contributed by atoms with Crippen LogP contribution in [0, 0.1) is 5.92 Å². The largest absolute Gasteiger partial charge is 0.347 e. The molecule has 5 heteroatoms. The average Bonchev–Trinajstić information content (AvgIpc) is 2.85. The first-order chi connectivity index (χ1) is 8.13. The van der Waals surface area contributed by atoms with E-state index >= 15 is 0 Å². The van der Waals surface area contributed by atoms with Crippen LogP contribution in [0.15, 0.2) is 0 Å². The topological polar surface area (TPSA) is 61.4 Å². The van der Waals surface area contributed by atoms with Gasteiger partial charge in [-0.3, -0.25) is 9.59 Å². The van der Waals surface area contributed by atoms with Gasteiger partial charge in [-0.25, -0.2) is 0 Å². The standard InChI is InChI=1S/C12H23N3O2/c1-3-15(2)12(17)9-14-11(16)5-4-10-6-7-13-8-10/h10,13H,3-9H2,1-2H3,(H,14,16). The van der Waals surface area contributed by atoms with E-state index in [1.54, 1.807) is 11.9 Å². The van der Waals surface area contributed by atoms with Gasteiger partial charge in [0.2, 0.25) is 11.8 Å². The van der Waals surface area contributed by atoms with Gasteiger partial charge in [0, 0.05) is 20.0 Å². The van der Waals surface area contributed by atoms with Gasteiger partial charge in [0.15, 0.2) is 0 Å². The van der Waals surface area contributed by atoms with Crippen LogP contribution < -0.4 is 10.6 Å². The van der Waals surface area contributed by atoms with Gasteiger partial charge < -0.3 is 15.5 Å². The van der Waals surface area contributed by atoms with Gasteiger partial charge in [-0.15, -0.1) is 0 Å². The fraction of sp³-hybridized carbons (Fsp3) is 0.833. The van der Waals surface area contributed by atoms with Gasteiger partial charge in [0.05, 0.1) is 6.54 Å². The molecule has 0 aromatic carbocycles. The van der Waals surface area contributed by atoms with E-state index in [1.165, 1.54) is 0 Å². The van der Waals surface area contributed by atoms with Crippen LogP contribution in [0.5, 0.6) is 0 Å². The van der Waals surface area contributed by atoms with Gasteiger partial charge in [-0.2, -0.15) is 0 Å². The summed E-state index contributed by atoms with van der Waals surface area (Å²) in [6.07, 6.45) is 2.59. The SMILES string of the molecule is CCN(C)C(=O)CNC(=O)CCC1CCNC1. The second-order valence-corrected chi connectivity index (χ2v) is 4.58. The highest BCUT2D eigenvalue weighted by molar-refractivity contribution is 5.84. The summed E-state index contributed by atoms with van der Waals surface area (Å²) in [5.74, 6) is 0.563. The van der Waals surface area contributed by atoms with Crippen molar-refractivity contribution in [3.8, 4) is 0 Å². The number of hydrogen-bond donors (Lipinski definition) is 2.